The third-order valence-corrected chi connectivity index (χ3v) is 3.75. The minimum absolute atomic E-state index is 0.129. The number of hydrogen-bond acceptors (Lipinski definition) is 2. The zero-order valence-corrected chi connectivity index (χ0v) is 11.2. The molecule has 18 heavy (non-hydrogen) atoms. The Morgan fingerprint density at radius 1 is 1.28 bits per heavy atom. The number of hydrogen-bond donors (Lipinski definition) is 1. The molecule has 0 saturated heterocycles. The van der Waals surface area contributed by atoms with Crippen molar-refractivity contribution in [2.75, 3.05) is 11.9 Å². The van der Waals surface area contributed by atoms with Crippen molar-refractivity contribution in [1.82, 2.24) is 0 Å². The third-order valence-electron chi connectivity index (χ3n) is 3.75. The van der Waals surface area contributed by atoms with Crippen molar-refractivity contribution in [2.24, 2.45) is 0 Å². The zero-order chi connectivity index (χ0) is 12.8. The Balaban J connectivity index is 1.95. The predicted octanol–water partition coefficient (Wildman–Crippen LogP) is 4.13. The van der Waals surface area contributed by atoms with Crippen molar-refractivity contribution in [3.63, 3.8) is 0 Å². The van der Waals surface area contributed by atoms with Gasteiger partial charge in [-0.1, -0.05) is 44.4 Å². The van der Waals surface area contributed by atoms with Crippen LogP contribution in [0.25, 0.3) is 0 Å². The van der Waals surface area contributed by atoms with E-state index in [4.69, 9.17) is 0 Å². The highest BCUT2D eigenvalue weighted by atomic mass is 16.1. The number of nitrogens with one attached hydrogen (secondary N) is 1. The highest BCUT2D eigenvalue weighted by Gasteiger charge is 2.25. The lowest BCUT2D eigenvalue weighted by atomic mass is 9.85. The molecule has 98 valence electrons. The Kier molecular flexibility index (Phi) is 4.80. The molecule has 2 heteroatoms. The number of ketones is 1. The lowest BCUT2D eigenvalue weighted by molar-refractivity contribution is -0.120. The van der Waals surface area contributed by atoms with Crippen LogP contribution >= 0.6 is 0 Å². The van der Waals surface area contributed by atoms with Gasteiger partial charge in [-0.3, -0.25) is 4.79 Å². The average Bonchev–Trinajstić information content (AvgIpc) is 2.43. The number of rotatable bonds is 6. The maximum absolute atomic E-state index is 12.3. The van der Waals surface area contributed by atoms with E-state index in [-0.39, 0.29) is 5.92 Å². The second-order valence-corrected chi connectivity index (χ2v) is 5.13. The first kappa shape index (κ1) is 13.1. The Bertz CT molecular complexity index is 400. The van der Waals surface area contributed by atoms with Crippen LogP contribution in [0.4, 0.5) is 5.69 Å². The maximum atomic E-state index is 12.3. The summed E-state index contributed by atoms with van der Waals surface area (Å²) in [5, 5.41) is 3.37. The normalized spacial score (nSPS) is 17.9. The Labute approximate surface area is 110 Å². The van der Waals surface area contributed by atoms with E-state index >= 15 is 0 Å². The zero-order valence-electron chi connectivity index (χ0n) is 11.2. The number of carbonyl (C=O) groups excluding carboxylic acids is 1. The molecular formula is C16H23NO. The number of anilines is 1. The average molecular weight is 245 g/mol. The molecule has 1 atom stereocenters. The maximum Gasteiger partial charge on any atom is 0.140 e. The minimum atomic E-state index is 0.129. The van der Waals surface area contributed by atoms with Crippen molar-refractivity contribution >= 4 is 11.5 Å². The van der Waals surface area contributed by atoms with Gasteiger partial charge in [0, 0.05) is 24.6 Å². The van der Waals surface area contributed by atoms with Gasteiger partial charge in [-0.05, 0) is 24.5 Å². The molecule has 1 aliphatic rings. The molecule has 1 N–H and O–H groups in total. The Hall–Kier alpha value is -1.31. The summed E-state index contributed by atoms with van der Waals surface area (Å²) in [5.41, 5.74) is 2.35. The van der Waals surface area contributed by atoms with Crippen molar-refractivity contribution in [3.8, 4) is 0 Å². The monoisotopic (exact) mass is 245 g/mol. The number of benzene rings is 1. The van der Waals surface area contributed by atoms with Gasteiger partial charge in [-0.15, -0.1) is 0 Å². The van der Waals surface area contributed by atoms with Gasteiger partial charge < -0.3 is 5.32 Å². The van der Waals surface area contributed by atoms with Crippen molar-refractivity contribution in [2.45, 2.75) is 51.4 Å². The van der Waals surface area contributed by atoms with E-state index in [1.54, 1.807) is 0 Å². The summed E-state index contributed by atoms with van der Waals surface area (Å²) < 4.78 is 0. The molecule has 0 fully saturated rings. The summed E-state index contributed by atoms with van der Waals surface area (Å²) in [6.07, 6.45) is 6.41. The highest BCUT2D eigenvalue weighted by Crippen LogP contribution is 2.32. The van der Waals surface area contributed by atoms with E-state index in [1.165, 1.54) is 24.8 Å². The molecule has 1 aromatic rings. The molecule has 1 aliphatic heterocycles. The summed E-state index contributed by atoms with van der Waals surface area (Å²) >= 11 is 0. The molecule has 1 heterocycles. The van der Waals surface area contributed by atoms with Gasteiger partial charge in [0.15, 0.2) is 0 Å². The molecule has 0 bridgehead atoms. The fourth-order valence-electron chi connectivity index (χ4n) is 2.70. The van der Waals surface area contributed by atoms with Gasteiger partial charge in [-0.25, -0.2) is 0 Å². The second kappa shape index (κ2) is 6.58. The summed E-state index contributed by atoms with van der Waals surface area (Å²) in [5.74, 6) is 0.559. The van der Waals surface area contributed by atoms with Crippen LogP contribution in [0.15, 0.2) is 24.3 Å². The third kappa shape index (κ3) is 3.12. The van der Waals surface area contributed by atoms with E-state index in [1.807, 2.05) is 12.1 Å². The van der Waals surface area contributed by atoms with E-state index < -0.39 is 0 Å². The van der Waals surface area contributed by atoms with Crippen molar-refractivity contribution < 1.29 is 4.79 Å². The predicted molar refractivity (Wildman–Crippen MR) is 76.1 cm³/mol. The molecule has 0 spiro atoms. The molecule has 1 unspecified atom stereocenters. The standard InChI is InChI=1S/C16H23NO/c1-2-3-4-5-10-16(18)14-11-12-17-15-9-7-6-8-13(14)15/h6-9,14,17H,2-5,10-12H2,1H3. The molecule has 2 nitrogen and oxygen atoms in total. The Morgan fingerprint density at radius 3 is 2.94 bits per heavy atom. The second-order valence-electron chi connectivity index (χ2n) is 5.13. The van der Waals surface area contributed by atoms with E-state index in [0.717, 1.165) is 31.5 Å². The van der Waals surface area contributed by atoms with Crippen LogP contribution in [0, 0.1) is 0 Å². The summed E-state index contributed by atoms with van der Waals surface area (Å²) in [4.78, 5) is 12.3. The van der Waals surface area contributed by atoms with Gasteiger partial charge in [0.2, 0.25) is 0 Å². The molecule has 1 aromatic carbocycles. The largest absolute Gasteiger partial charge is 0.385 e. The van der Waals surface area contributed by atoms with E-state index in [0.29, 0.717) is 5.78 Å². The quantitative estimate of drug-likeness (QED) is 0.764. The number of carbonyl (C=O) groups is 1. The number of unbranched alkanes of at least 4 members (excludes halogenated alkanes) is 3. The van der Waals surface area contributed by atoms with Gasteiger partial charge in [0.25, 0.3) is 0 Å². The molecule has 0 aromatic heterocycles. The molecule has 2 rings (SSSR count). The molecular weight excluding hydrogens is 222 g/mol. The van der Waals surface area contributed by atoms with E-state index in [2.05, 4.69) is 24.4 Å². The van der Waals surface area contributed by atoms with Gasteiger partial charge in [0.1, 0.15) is 5.78 Å². The summed E-state index contributed by atoms with van der Waals surface area (Å²) in [7, 11) is 0. The van der Waals surface area contributed by atoms with Gasteiger partial charge in [-0.2, -0.15) is 0 Å². The van der Waals surface area contributed by atoms with Crippen LogP contribution in [0.2, 0.25) is 0 Å². The minimum Gasteiger partial charge on any atom is -0.385 e. The molecule has 0 radical (unpaired) electrons. The highest BCUT2D eigenvalue weighted by molar-refractivity contribution is 5.88. The van der Waals surface area contributed by atoms with Crippen molar-refractivity contribution in [1.29, 1.82) is 0 Å². The van der Waals surface area contributed by atoms with E-state index in [9.17, 15) is 4.79 Å². The first-order valence-corrected chi connectivity index (χ1v) is 7.18. The first-order valence-electron chi connectivity index (χ1n) is 7.18. The number of Topliss-reactive ketones (excluding diaryl/α,β-unsaturated/α-hetero) is 1. The van der Waals surface area contributed by atoms with Crippen LogP contribution in [0.1, 0.15) is 56.9 Å². The van der Waals surface area contributed by atoms with Gasteiger partial charge >= 0.3 is 0 Å². The van der Waals surface area contributed by atoms with Crippen LogP contribution < -0.4 is 5.32 Å². The summed E-state index contributed by atoms with van der Waals surface area (Å²) in [6, 6.07) is 8.23. The lowest BCUT2D eigenvalue weighted by Gasteiger charge is -2.25. The SMILES string of the molecule is CCCCCCC(=O)C1CCNc2ccccc21. The van der Waals surface area contributed by atoms with Crippen LogP contribution in [0.5, 0.6) is 0 Å². The van der Waals surface area contributed by atoms with Crippen molar-refractivity contribution in [3.05, 3.63) is 29.8 Å². The first-order chi connectivity index (χ1) is 8.83. The molecule has 0 saturated carbocycles. The molecule has 0 amide bonds. The topological polar surface area (TPSA) is 29.1 Å². The van der Waals surface area contributed by atoms with Crippen LogP contribution in [-0.2, 0) is 4.79 Å². The fraction of sp³-hybridized carbons (Fsp3) is 0.562. The van der Waals surface area contributed by atoms with Gasteiger partial charge in [0.05, 0.1) is 0 Å². The number of fused-ring (bicyclic) bond motifs is 1. The lowest BCUT2D eigenvalue weighted by Crippen LogP contribution is -2.22. The smallest absolute Gasteiger partial charge is 0.140 e. The number of para-hydroxylation sites is 1. The van der Waals surface area contributed by atoms with Crippen LogP contribution in [0.3, 0.4) is 0 Å². The summed E-state index contributed by atoms with van der Waals surface area (Å²) in [6.45, 7) is 3.12. The fourth-order valence-corrected chi connectivity index (χ4v) is 2.70. The van der Waals surface area contributed by atoms with Crippen LogP contribution in [-0.4, -0.2) is 12.3 Å². The molecule has 0 aliphatic carbocycles. The Morgan fingerprint density at radius 2 is 2.11 bits per heavy atom.